The molecule has 0 amide bonds. The van der Waals surface area contributed by atoms with Crippen LogP contribution < -0.4 is 0 Å². The molecule has 0 bridgehead atoms. The number of rotatable bonds is 0. The van der Waals surface area contributed by atoms with Gasteiger partial charge in [0, 0.05) is 10.7 Å². The molecule has 1 aliphatic rings. The first-order valence-corrected chi connectivity index (χ1v) is 4.51. The molecule has 0 N–H and O–H groups in total. The monoisotopic (exact) mass is 154 g/mol. The topological polar surface area (TPSA) is 0 Å². The molecule has 1 rings (SSSR count). The maximum atomic E-state index is 3.90. The Morgan fingerprint density at radius 2 is 2.10 bits per heavy atom. The van der Waals surface area contributed by atoms with Crippen LogP contribution in [0, 0.1) is 5.41 Å². The van der Waals surface area contributed by atoms with E-state index in [0.717, 1.165) is 5.75 Å². The van der Waals surface area contributed by atoms with Gasteiger partial charge >= 0.3 is 0 Å². The smallest absolute Gasteiger partial charge is 0.0199 e. The lowest BCUT2D eigenvalue weighted by atomic mass is 9.87. The van der Waals surface area contributed by atoms with Crippen LogP contribution >= 0.6 is 11.8 Å². The van der Waals surface area contributed by atoms with Crippen LogP contribution in [0.4, 0.5) is 0 Å². The second-order valence-electron chi connectivity index (χ2n) is 3.67. The van der Waals surface area contributed by atoms with Gasteiger partial charge in [0.25, 0.3) is 0 Å². The molecular weight excluding hydrogens is 140 g/mol. The molecule has 0 radical (unpaired) electrons. The van der Waals surface area contributed by atoms with E-state index < -0.39 is 0 Å². The molecule has 0 spiro atoms. The van der Waals surface area contributed by atoms with Gasteiger partial charge in [0.15, 0.2) is 0 Å². The highest BCUT2D eigenvalue weighted by molar-refractivity contribution is 8.03. The van der Waals surface area contributed by atoms with E-state index in [9.17, 15) is 0 Å². The summed E-state index contributed by atoms with van der Waals surface area (Å²) in [7, 11) is 0. The van der Waals surface area contributed by atoms with E-state index in [1.807, 2.05) is 11.8 Å². The maximum Gasteiger partial charge on any atom is 0.0199 e. The van der Waals surface area contributed by atoms with Crippen LogP contribution in [0.2, 0.25) is 0 Å². The Kier molecular flexibility index (Phi) is 1.95. The molecule has 1 heterocycles. The number of hydrogen-bond donors (Lipinski definition) is 0. The average Bonchev–Trinajstić information content (AvgIpc) is 2.11. The summed E-state index contributed by atoms with van der Waals surface area (Å²) in [6.45, 7) is 10.6. The summed E-state index contributed by atoms with van der Waals surface area (Å²) < 4.78 is 0. The normalized spacial score (nSPS) is 19.5. The number of allylic oxidation sites excluding steroid dienone is 1. The van der Waals surface area contributed by atoms with Crippen molar-refractivity contribution >= 4 is 11.8 Å². The zero-order valence-electron chi connectivity index (χ0n) is 6.90. The fraction of sp³-hybridized carbons (Fsp3) is 0.556. The van der Waals surface area contributed by atoms with Crippen LogP contribution in [0.1, 0.15) is 20.8 Å². The standard InChI is InChI=1S/C9H14S/c1-7-5-8(6-10-7)9(2,3)4/h5H,1,6H2,2-4H3. The zero-order chi connectivity index (χ0) is 7.78. The molecule has 1 aliphatic heterocycles. The molecule has 0 unspecified atom stereocenters. The van der Waals surface area contributed by atoms with E-state index in [-0.39, 0.29) is 0 Å². The highest BCUT2D eigenvalue weighted by Crippen LogP contribution is 2.37. The molecule has 0 saturated heterocycles. The molecule has 10 heavy (non-hydrogen) atoms. The Labute approximate surface area is 67.4 Å². The van der Waals surface area contributed by atoms with E-state index in [2.05, 4.69) is 33.4 Å². The van der Waals surface area contributed by atoms with Crippen LogP contribution in [-0.2, 0) is 0 Å². The number of thioether (sulfide) groups is 1. The Bertz CT molecular complexity index is 181. The Balaban J connectivity index is 2.76. The van der Waals surface area contributed by atoms with Crippen LogP contribution in [0.3, 0.4) is 0 Å². The summed E-state index contributed by atoms with van der Waals surface area (Å²) >= 11 is 1.85. The molecule has 0 aromatic heterocycles. The average molecular weight is 154 g/mol. The van der Waals surface area contributed by atoms with Gasteiger partial charge < -0.3 is 0 Å². The van der Waals surface area contributed by atoms with Crippen LogP contribution in [0.25, 0.3) is 0 Å². The Hall–Kier alpha value is -0.170. The zero-order valence-corrected chi connectivity index (χ0v) is 7.72. The van der Waals surface area contributed by atoms with Crippen molar-refractivity contribution in [2.45, 2.75) is 20.8 Å². The van der Waals surface area contributed by atoms with Crippen LogP contribution in [0.5, 0.6) is 0 Å². The number of hydrogen-bond acceptors (Lipinski definition) is 1. The largest absolute Gasteiger partial charge is 0.122 e. The first-order chi connectivity index (χ1) is 4.50. The molecular formula is C9H14S. The van der Waals surface area contributed by atoms with E-state index in [1.165, 1.54) is 10.5 Å². The quantitative estimate of drug-likeness (QED) is 0.516. The second kappa shape index (κ2) is 2.46. The van der Waals surface area contributed by atoms with Gasteiger partial charge in [-0.15, -0.1) is 11.8 Å². The highest BCUT2D eigenvalue weighted by Gasteiger charge is 2.20. The van der Waals surface area contributed by atoms with Crippen molar-refractivity contribution in [3.63, 3.8) is 0 Å². The molecule has 0 atom stereocenters. The van der Waals surface area contributed by atoms with Crippen molar-refractivity contribution in [2.75, 3.05) is 5.75 Å². The fourth-order valence-electron chi connectivity index (χ4n) is 0.881. The first kappa shape index (κ1) is 7.93. The van der Waals surface area contributed by atoms with Gasteiger partial charge in [-0.25, -0.2) is 0 Å². The second-order valence-corrected chi connectivity index (χ2v) is 4.78. The SMILES string of the molecule is C=C1C=C(C(C)(C)C)CS1. The lowest BCUT2D eigenvalue weighted by Crippen LogP contribution is -2.08. The minimum atomic E-state index is 0.340. The van der Waals surface area contributed by atoms with Gasteiger partial charge in [0.1, 0.15) is 0 Å². The third-order valence-electron chi connectivity index (χ3n) is 1.71. The van der Waals surface area contributed by atoms with Crippen molar-refractivity contribution in [3.8, 4) is 0 Å². The van der Waals surface area contributed by atoms with Crippen molar-refractivity contribution in [3.05, 3.63) is 23.1 Å². The molecule has 0 saturated carbocycles. The van der Waals surface area contributed by atoms with E-state index >= 15 is 0 Å². The molecule has 0 aromatic rings. The molecule has 0 nitrogen and oxygen atoms in total. The van der Waals surface area contributed by atoms with Gasteiger partial charge in [-0.2, -0.15) is 0 Å². The van der Waals surface area contributed by atoms with Gasteiger partial charge in [-0.1, -0.05) is 32.9 Å². The maximum absolute atomic E-state index is 3.90. The summed E-state index contributed by atoms with van der Waals surface area (Å²) in [6.07, 6.45) is 2.21. The van der Waals surface area contributed by atoms with Crippen LogP contribution in [-0.4, -0.2) is 5.75 Å². The third kappa shape index (κ3) is 1.66. The third-order valence-corrected chi connectivity index (χ3v) is 2.66. The highest BCUT2D eigenvalue weighted by atomic mass is 32.2. The van der Waals surface area contributed by atoms with Crippen molar-refractivity contribution < 1.29 is 0 Å². The van der Waals surface area contributed by atoms with Crippen molar-refractivity contribution in [1.29, 1.82) is 0 Å². The molecule has 0 aliphatic carbocycles. The minimum Gasteiger partial charge on any atom is -0.122 e. The van der Waals surface area contributed by atoms with E-state index in [1.54, 1.807) is 0 Å². The van der Waals surface area contributed by atoms with Gasteiger partial charge in [0.05, 0.1) is 0 Å². The Morgan fingerprint density at radius 1 is 1.50 bits per heavy atom. The molecule has 1 heteroatoms. The lowest BCUT2D eigenvalue weighted by molar-refractivity contribution is 0.507. The minimum absolute atomic E-state index is 0.340. The predicted octanol–water partition coefficient (Wildman–Crippen LogP) is 3.22. The predicted molar refractivity (Wildman–Crippen MR) is 49.1 cm³/mol. The molecule has 0 fully saturated rings. The molecule has 0 aromatic carbocycles. The van der Waals surface area contributed by atoms with Gasteiger partial charge in [-0.3, -0.25) is 0 Å². The summed E-state index contributed by atoms with van der Waals surface area (Å²) in [6, 6.07) is 0. The summed E-state index contributed by atoms with van der Waals surface area (Å²) in [5.74, 6) is 1.14. The van der Waals surface area contributed by atoms with Crippen molar-refractivity contribution in [2.24, 2.45) is 5.41 Å². The van der Waals surface area contributed by atoms with E-state index in [0.29, 0.717) is 5.41 Å². The lowest BCUT2D eigenvalue weighted by Gasteiger charge is -2.18. The van der Waals surface area contributed by atoms with Crippen LogP contribution in [0.15, 0.2) is 23.1 Å². The fourth-order valence-corrected chi connectivity index (χ4v) is 1.96. The van der Waals surface area contributed by atoms with E-state index in [4.69, 9.17) is 0 Å². The van der Waals surface area contributed by atoms with Gasteiger partial charge in [-0.05, 0) is 11.5 Å². The molecule has 56 valence electrons. The summed E-state index contributed by atoms with van der Waals surface area (Å²) in [4.78, 5) is 1.21. The first-order valence-electron chi connectivity index (χ1n) is 3.53. The summed E-state index contributed by atoms with van der Waals surface area (Å²) in [5.41, 5.74) is 1.86. The Morgan fingerprint density at radius 3 is 2.30 bits per heavy atom. The van der Waals surface area contributed by atoms with Gasteiger partial charge in [0.2, 0.25) is 0 Å². The summed E-state index contributed by atoms with van der Waals surface area (Å²) in [5, 5.41) is 0. The van der Waals surface area contributed by atoms with Crippen molar-refractivity contribution in [1.82, 2.24) is 0 Å².